The zero-order chi connectivity index (χ0) is 22.2. The van der Waals surface area contributed by atoms with Crippen LogP contribution >= 0.6 is 11.3 Å². The summed E-state index contributed by atoms with van der Waals surface area (Å²) in [5, 5.41) is 2.04. The lowest BCUT2D eigenvalue weighted by Gasteiger charge is -2.23. The SMILES string of the molecule is COc1ccccc1CN(Cc1cccs1)C(=O)CCCc1ncc(-c2ccccc2)o1. The van der Waals surface area contributed by atoms with Crippen molar-refractivity contribution < 1.29 is 13.9 Å². The highest BCUT2D eigenvalue weighted by molar-refractivity contribution is 7.09. The summed E-state index contributed by atoms with van der Waals surface area (Å²) in [5.74, 6) is 2.32. The number of rotatable bonds is 10. The molecule has 0 N–H and O–H groups in total. The van der Waals surface area contributed by atoms with E-state index in [0.717, 1.165) is 27.5 Å². The number of oxazole rings is 1. The normalized spacial score (nSPS) is 10.8. The van der Waals surface area contributed by atoms with Crippen molar-refractivity contribution in [2.45, 2.75) is 32.4 Å². The molecule has 0 fully saturated rings. The second kappa shape index (κ2) is 10.8. The predicted molar refractivity (Wildman–Crippen MR) is 126 cm³/mol. The minimum Gasteiger partial charge on any atom is -0.496 e. The first-order valence-corrected chi connectivity index (χ1v) is 11.5. The van der Waals surface area contributed by atoms with E-state index >= 15 is 0 Å². The van der Waals surface area contributed by atoms with Gasteiger partial charge >= 0.3 is 0 Å². The highest BCUT2D eigenvalue weighted by Gasteiger charge is 2.17. The van der Waals surface area contributed by atoms with Gasteiger partial charge in [-0.2, -0.15) is 0 Å². The summed E-state index contributed by atoms with van der Waals surface area (Å²) in [6.45, 7) is 1.10. The number of nitrogens with zero attached hydrogens (tertiary/aromatic N) is 2. The van der Waals surface area contributed by atoms with Gasteiger partial charge < -0.3 is 14.1 Å². The van der Waals surface area contributed by atoms with Crippen molar-refractivity contribution in [2.24, 2.45) is 0 Å². The Labute approximate surface area is 192 Å². The minimum atomic E-state index is 0.110. The molecule has 0 saturated carbocycles. The number of carbonyl (C=O) groups excluding carboxylic acids is 1. The van der Waals surface area contributed by atoms with E-state index in [9.17, 15) is 4.79 Å². The van der Waals surface area contributed by atoms with Gasteiger partial charge in [-0.05, 0) is 23.9 Å². The Morgan fingerprint density at radius 2 is 1.84 bits per heavy atom. The first-order valence-electron chi connectivity index (χ1n) is 10.6. The van der Waals surface area contributed by atoms with Gasteiger partial charge in [-0.15, -0.1) is 11.3 Å². The van der Waals surface area contributed by atoms with E-state index in [1.54, 1.807) is 24.6 Å². The van der Waals surface area contributed by atoms with E-state index in [1.807, 2.05) is 70.9 Å². The molecule has 0 aliphatic rings. The zero-order valence-electron chi connectivity index (χ0n) is 18.1. The van der Waals surface area contributed by atoms with Crippen LogP contribution in [0, 0.1) is 0 Å². The number of carbonyl (C=O) groups is 1. The van der Waals surface area contributed by atoms with Crippen LogP contribution in [0.15, 0.2) is 82.7 Å². The first-order chi connectivity index (χ1) is 15.7. The lowest BCUT2D eigenvalue weighted by atomic mass is 10.1. The van der Waals surface area contributed by atoms with Gasteiger partial charge in [0.2, 0.25) is 5.91 Å². The molecule has 0 aliphatic carbocycles. The van der Waals surface area contributed by atoms with Crippen LogP contribution in [0.4, 0.5) is 0 Å². The molecule has 4 rings (SSSR count). The Morgan fingerprint density at radius 3 is 2.62 bits per heavy atom. The van der Waals surface area contributed by atoms with Crippen LogP contribution in [0.3, 0.4) is 0 Å². The molecular weight excluding hydrogens is 420 g/mol. The van der Waals surface area contributed by atoms with E-state index in [4.69, 9.17) is 9.15 Å². The van der Waals surface area contributed by atoms with Crippen molar-refractivity contribution in [3.05, 3.63) is 94.6 Å². The average molecular weight is 447 g/mol. The van der Waals surface area contributed by atoms with E-state index in [2.05, 4.69) is 11.1 Å². The van der Waals surface area contributed by atoms with Crippen LogP contribution in [0.1, 0.15) is 29.2 Å². The third-order valence-corrected chi connectivity index (χ3v) is 6.09. The fourth-order valence-electron chi connectivity index (χ4n) is 3.57. The third kappa shape index (κ3) is 5.65. The van der Waals surface area contributed by atoms with Crippen molar-refractivity contribution in [1.82, 2.24) is 9.88 Å². The Kier molecular flexibility index (Phi) is 7.35. The van der Waals surface area contributed by atoms with E-state index in [0.29, 0.717) is 38.2 Å². The number of para-hydroxylation sites is 1. The summed E-state index contributed by atoms with van der Waals surface area (Å²) in [5.41, 5.74) is 2.00. The first kappa shape index (κ1) is 21.8. The molecule has 4 aromatic rings. The number of benzene rings is 2. The Balaban J connectivity index is 1.38. The molecule has 0 bridgehead atoms. The van der Waals surface area contributed by atoms with Crippen LogP contribution in [0.2, 0.25) is 0 Å². The molecule has 1 amide bonds. The van der Waals surface area contributed by atoms with Crippen LogP contribution in [-0.2, 0) is 24.3 Å². The molecule has 32 heavy (non-hydrogen) atoms. The molecule has 0 aliphatic heterocycles. The molecule has 0 atom stereocenters. The van der Waals surface area contributed by atoms with Crippen molar-refractivity contribution in [3.8, 4) is 17.1 Å². The highest BCUT2D eigenvalue weighted by atomic mass is 32.1. The summed E-state index contributed by atoms with van der Waals surface area (Å²) in [6, 6.07) is 21.8. The maximum atomic E-state index is 13.1. The minimum absolute atomic E-state index is 0.110. The van der Waals surface area contributed by atoms with Crippen molar-refractivity contribution in [1.29, 1.82) is 0 Å². The summed E-state index contributed by atoms with van der Waals surface area (Å²) in [7, 11) is 1.66. The second-order valence-corrected chi connectivity index (χ2v) is 8.51. The van der Waals surface area contributed by atoms with Crippen molar-refractivity contribution in [2.75, 3.05) is 7.11 Å². The summed E-state index contributed by atoms with van der Waals surface area (Å²) >= 11 is 1.66. The monoisotopic (exact) mass is 446 g/mol. The zero-order valence-corrected chi connectivity index (χ0v) is 18.9. The molecule has 2 heterocycles. The largest absolute Gasteiger partial charge is 0.496 e. The maximum Gasteiger partial charge on any atom is 0.223 e. The molecular formula is C26H26N2O3S. The van der Waals surface area contributed by atoms with Crippen LogP contribution in [-0.4, -0.2) is 22.9 Å². The standard InChI is InChI=1S/C26H26N2O3S/c1-30-23-13-6-5-11-21(23)18-28(19-22-12-8-16-32-22)26(29)15-7-14-25-27-17-24(31-25)20-9-3-2-4-10-20/h2-6,8-13,16-17H,7,14-15,18-19H2,1H3. The lowest BCUT2D eigenvalue weighted by molar-refractivity contribution is -0.132. The number of ether oxygens (including phenoxy) is 1. The number of amides is 1. The van der Waals surface area contributed by atoms with E-state index in [-0.39, 0.29) is 5.91 Å². The van der Waals surface area contributed by atoms with Crippen LogP contribution < -0.4 is 4.74 Å². The summed E-state index contributed by atoms with van der Waals surface area (Å²) in [6.07, 6.45) is 3.49. The maximum absolute atomic E-state index is 13.1. The van der Waals surface area contributed by atoms with E-state index < -0.39 is 0 Å². The second-order valence-electron chi connectivity index (χ2n) is 7.48. The molecule has 0 saturated heterocycles. The Morgan fingerprint density at radius 1 is 1.03 bits per heavy atom. The van der Waals surface area contributed by atoms with Crippen LogP contribution in [0.5, 0.6) is 5.75 Å². The van der Waals surface area contributed by atoms with Gasteiger partial charge in [-0.25, -0.2) is 4.98 Å². The van der Waals surface area contributed by atoms with Crippen molar-refractivity contribution >= 4 is 17.2 Å². The number of hydrogen-bond donors (Lipinski definition) is 0. The van der Waals surface area contributed by atoms with Gasteiger partial charge in [0.15, 0.2) is 11.7 Å². The quantitative estimate of drug-likeness (QED) is 0.301. The number of hydrogen-bond acceptors (Lipinski definition) is 5. The predicted octanol–water partition coefficient (Wildman–Crippen LogP) is 5.96. The third-order valence-electron chi connectivity index (χ3n) is 5.23. The molecule has 2 aromatic carbocycles. The number of aryl methyl sites for hydroxylation is 1. The summed E-state index contributed by atoms with van der Waals surface area (Å²) in [4.78, 5) is 20.6. The van der Waals surface area contributed by atoms with Gasteiger partial charge in [0, 0.05) is 35.4 Å². The average Bonchev–Trinajstić information content (AvgIpc) is 3.52. The molecule has 5 nitrogen and oxygen atoms in total. The molecule has 164 valence electrons. The van der Waals surface area contributed by atoms with Gasteiger partial charge in [-0.3, -0.25) is 4.79 Å². The Bertz CT molecular complexity index is 1120. The van der Waals surface area contributed by atoms with Crippen molar-refractivity contribution in [3.63, 3.8) is 0 Å². The van der Waals surface area contributed by atoms with Crippen LogP contribution in [0.25, 0.3) is 11.3 Å². The molecule has 6 heteroatoms. The van der Waals surface area contributed by atoms with E-state index in [1.165, 1.54) is 0 Å². The number of thiophene rings is 1. The van der Waals surface area contributed by atoms with Gasteiger partial charge in [0.1, 0.15) is 5.75 Å². The molecule has 0 unspecified atom stereocenters. The molecule has 2 aromatic heterocycles. The van der Waals surface area contributed by atoms with Gasteiger partial charge in [0.25, 0.3) is 0 Å². The van der Waals surface area contributed by atoms with Gasteiger partial charge in [-0.1, -0.05) is 54.6 Å². The lowest BCUT2D eigenvalue weighted by Crippen LogP contribution is -2.29. The smallest absolute Gasteiger partial charge is 0.223 e. The van der Waals surface area contributed by atoms with Gasteiger partial charge in [0.05, 0.1) is 19.9 Å². The highest BCUT2D eigenvalue weighted by Crippen LogP contribution is 2.23. The topological polar surface area (TPSA) is 55.6 Å². The number of aromatic nitrogens is 1. The molecule has 0 spiro atoms. The fourth-order valence-corrected chi connectivity index (χ4v) is 4.29. The fraction of sp³-hybridized carbons (Fsp3) is 0.231. The number of methoxy groups -OCH3 is 1. The Hall–Kier alpha value is -3.38. The summed E-state index contributed by atoms with van der Waals surface area (Å²) < 4.78 is 11.4. The molecule has 0 radical (unpaired) electrons.